The molecule has 0 saturated carbocycles. The number of hydrogen-bond donors (Lipinski definition) is 1. The molecule has 19 heavy (non-hydrogen) atoms. The van der Waals surface area contributed by atoms with Crippen molar-refractivity contribution in [3.05, 3.63) is 30.1 Å². The molecule has 0 aromatic carbocycles. The number of nitrogens with zero attached hydrogens (tertiary/aromatic N) is 3. The molecule has 0 radical (unpaired) electrons. The molecular formula is C15H26N4. The number of rotatable bonds is 5. The van der Waals surface area contributed by atoms with Crippen molar-refractivity contribution in [1.82, 2.24) is 14.8 Å². The highest BCUT2D eigenvalue weighted by Crippen LogP contribution is 2.22. The molecule has 2 heterocycles. The lowest BCUT2D eigenvalue weighted by molar-refractivity contribution is 0.151. The van der Waals surface area contributed by atoms with Crippen molar-refractivity contribution in [2.45, 2.75) is 18.9 Å². The van der Waals surface area contributed by atoms with Gasteiger partial charge in [-0.3, -0.25) is 9.88 Å². The van der Waals surface area contributed by atoms with Crippen LogP contribution in [-0.4, -0.2) is 55.1 Å². The second-order valence-electron chi connectivity index (χ2n) is 5.72. The van der Waals surface area contributed by atoms with Crippen LogP contribution < -0.4 is 5.73 Å². The summed E-state index contributed by atoms with van der Waals surface area (Å²) in [5.41, 5.74) is 7.18. The third-order valence-electron chi connectivity index (χ3n) is 4.21. The first kappa shape index (κ1) is 14.4. The molecule has 0 bridgehead atoms. The van der Waals surface area contributed by atoms with E-state index in [0.29, 0.717) is 6.54 Å². The summed E-state index contributed by atoms with van der Waals surface area (Å²) in [7, 11) is 4.39. The van der Waals surface area contributed by atoms with E-state index in [1.807, 2.05) is 18.5 Å². The van der Waals surface area contributed by atoms with E-state index in [9.17, 15) is 0 Å². The lowest BCUT2D eigenvalue weighted by atomic mass is 9.95. The van der Waals surface area contributed by atoms with Gasteiger partial charge >= 0.3 is 0 Å². The Balaban J connectivity index is 1.92. The molecule has 1 fully saturated rings. The minimum Gasteiger partial charge on any atom is -0.329 e. The smallest absolute Gasteiger partial charge is 0.0482 e. The normalized spacial score (nSPS) is 19.8. The molecule has 1 aromatic rings. The maximum absolute atomic E-state index is 5.96. The molecule has 106 valence electrons. The summed E-state index contributed by atoms with van der Waals surface area (Å²) < 4.78 is 0. The van der Waals surface area contributed by atoms with Crippen molar-refractivity contribution >= 4 is 0 Å². The highest BCUT2D eigenvalue weighted by Gasteiger charge is 2.22. The number of aromatic nitrogens is 1. The zero-order chi connectivity index (χ0) is 13.7. The largest absolute Gasteiger partial charge is 0.329 e. The average Bonchev–Trinajstić information content (AvgIpc) is 2.43. The van der Waals surface area contributed by atoms with Gasteiger partial charge in [-0.05, 0) is 57.6 Å². The number of likely N-dealkylation sites (tertiary alicyclic amines) is 1. The van der Waals surface area contributed by atoms with E-state index in [2.05, 4.69) is 34.9 Å². The van der Waals surface area contributed by atoms with Gasteiger partial charge < -0.3 is 10.6 Å². The second kappa shape index (κ2) is 6.98. The van der Waals surface area contributed by atoms with Gasteiger partial charge in [0.2, 0.25) is 0 Å². The van der Waals surface area contributed by atoms with Gasteiger partial charge in [-0.2, -0.15) is 0 Å². The molecular weight excluding hydrogens is 236 g/mol. The Morgan fingerprint density at radius 2 is 2.21 bits per heavy atom. The Morgan fingerprint density at radius 3 is 2.79 bits per heavy atom. The monoisotopic (exact) mass is 262 g/mol. The molecule has 0 spiro atoms. The summed E-state index contributed by atoms with van der Waals surface area (Å²) in [4.78, 5) is 9.01. The van der Waals surface area contributed by atoms with E-state index in [-0.39, 0.29) is 6.04 Å². The zero-order valence-electron chi connectivity index (χ0n) is 12.1. The molecule has 1 aliphatic rings. The molecule has 1 saturated heterocycles. The van der Waals surface area contributed by atoms with Gasteiger partial charge in [-0.1, -0.05) is 6.07 Å². The van der Waals surface area contributed by atoms with E-state index in [0.717, 1.165) is 12.5 Å². The van der Waals surface area contributed by atoms with E-state index in [1.54, 1.807) is 0 Å². The first-order valence-corrected chi connectivity index (χ1v) is 7.19. The van der Waals surface area contributed by atoms with Gasteiger partial charge in [-0.25, -0.2) is 0 Å². The van der Waals surface area contributed by atoms with E-state index >= 15 is 0 Å². The van der Waals surface area contributed by atoms with Crippen molar-refractivity contribution in [3.63, 3.8) is 0 Å². The second-order valence-corrected chi connectivity index (χ2v) is 5.72. The average molecular weight is 262 g/mol. The van der Waals surface area contributed by atoms with Crippen LogP contribution in [0.15, 0.2) is 24.5 Å². The van der Waals surface area contributed by atoms with Crippen LogP contribution in [0.1, 0.15) is 24.4 Å². The van der Waals surface area contributed by atoms with Gasteiger partial charge in [0, 0.05) is 31.5 Å². The summed E-state index contributed by atoms with van der Waals surface area (Å²) in [6.45, 7) is 4.22. The SMILES string of the molecule is CN1CCC(CN(C)C(CN)c2cccnc2)CC1. The fraction of sp³-hybridized carbons (Fsp3) is 0.667. The summed E-state index contributed by atoms with van der Waals surface area (Å²) in [6.07, 6.45) is 6.34. The molecule has 2 rings (SSSR count). The number of likely N-dealkylation sites (N-methyl/N-ethyl adjacent to an activating group) is 1. The van der Waals surface area contributed by atoms with E-state index in [4.69, 9.17) is 5.73 Å². The number of nitrogens with two attached hydrogens (primary N) is 1. The predicted octanol–water partition coefficient (Wildman–Crippen LogP) is 1.35. The zero-order valence-corrected chi connectivity index (χ0v) is 12.1. The molecule has 4 nitrogen and oxygen atoms in total. The van der Waals surface area contributed by atoms with Gasteiger partial charge in [0.15, 0.2) is 0 Å². The highest BCUT2D eigenvalue weighted by molar-refractivity contribution is 5.14. The van der Waals surface area contributed by atoms with Crippen molar-refractivity contribution < 1.29 is 0 Å². The first-order valence-electron chi connectivity index (χ1n) is 7.19. The van der Waals surface area contributed by atoms with Crippen LogP contribution in [-0.2, 0) is 0 Å². The molecule has 0 aliphatic carbocycles. The summed E-state index contributed by atoms with van der Waals surface area (Å²) in [5, 5.41) is 0. The third kappa shape index (κ3) is 4.00. The maximum Gasteiger partial charge on any atom is 0.0482 e. The molecule has 0 amide bonds. The standard InChI is InChI=1S/C15H26N4/c1-18-8-5-13(6-9-18)12-19(2)15(10-16)14-4-3-7-17-11-14/h3-4,7,11,13,15H,5-6,8-10,12,16H2,1-2H3. The Hall–Kier alpha value is -0.970. The van der Waals surface area contributed by atoms with Crippen LogP contribution in [0, 0.1) is 5.92 Å². The van der Waals surface area contributed by atoms with Crippen LogP contribution in [0.3, 0.4) is 0 Å². The molecule has 4 heteroatoms. The molecule has 1 atom stereocenters. The fourth-order valence-corrected chi connectivity index (χ4v) is 2.92. The highest BCUT2D eigenvalue weighted by atomic mass is 15.1. The third-order valence-corrected chi connectivity index (χ3v) is 4.21. The van der Waals surface area contributed by atoms with Gasteiger partial charge in [0.1, 0.15) is 0 Å². The van der Waals surface area contributed by atoms with Gasteiger partial charge in [0.25, 0.3) is 0 Å². The fourth-order valence-electron chi connectivity index (χ4n) is 2.92. The molecule has 2 N–H and O–H groups in total. The van der Waals surface area contributed by atoms with Crippen molar-refractivity contribution in [2.24, 2.45) is 11.7 Å². The van der Waals surface area contributed by atoms with Gasteiger partial charge in [-0.15, -0.1) is 0 Å². The van der Waals surface area contributed by atoms with Crippen molar-refractivity contribution in [1.29, 1.82) is 0 Å². The van der Waals surface area contributed by atoms with Gasteiger partial charge in [0.05, 0.1) is 0 Å². The topological polar surface area (TPSA) is 45.4 Å². The summed E-state index contributed by atoms with van der Waals surface area (Å²) >= 11 is 0. The van der Waals surface area contributed by atoms with Crippen LogP contribution >= 0.6 is 0 Å². The maximum atomic E-state index is 5.96. The molecule has 1 aromatic heterocycles. The predicted molar refractivity (Wildman–Crippen MR) is 78.9 cm³/mol. The Labute approximate surface area is 116 Å². The Kier molecular flexibility index (Phi) is 5.31. The Bertz CT molecular complexity index is 360. The van der Waals surface area contributed by atoms with Crippen LogP contribution in [0.5, 0.6) is 0 Å². The lowest BCUT2D eigenvalue weighted by Crippen LogP contribution is -2.38. The Morgan fingerprint density at radius 1 is 1.47 bits per heavy atom. The van der Waals surface area contributed by atoms with Crippen LogP contribution in [0.25, 0.3) is 0 Å². The molecule has 1 aliphatic heterocycles. The van der Waals surface area contributed by atoms with Crippen LogP contribution in [0.2, 0.25) is 0 Å². The number of hydrogen-bond acceptors (Lipinski definition) is 4. The number of pyridine rings is 1. The quantitative estimate of drug-likeness (QED) is 0.870. The number of piperidine rings is 1. The van der Waals surface area contributed by atoms with E-state index < -0.39 is 0 Å². The van der Waals surface area contributed by atoms with Crippen LogP contribution in [0.4, 0.5) is 0 Å². The first-order chi connectivity index (χ1) is 9.20. The summed E-state index contributed by atoms with van der Waals surface area (Å²) in [6, 6.07) is 4.39. The minimum absolute atomic E-state index is 0.286. The van der Waals surface area contributed by atoms with E-state index in [1.165, 1.54) is 31.5 Å². The molecule has 1 unspecified atom stereocenters. The van der Waals surface area contributed by atoms with Crippen molar-refractivity contribution in [3.8, 4) is 0 Å². The summed E-state index contributed by atoms with van der Waals surface area (Å²) in [5.74, 6) is 0.798. The van der Waals surface area contributed by atoms with Crippen molar-refractivity contribution in [2.75, 3.05) is 40.3 Å². The minimum atomic E-state index is 0.286. The lowest BCUT2D eigenvalue weighted by Gasteiger charge is -2.34.